The molecule has 0 saturated heterocycles. The van der Waals surface area contributed by atoms with Gasteiger partial charge in [-0.25, -0.2) is 8.42 Å². The van der Waals surface area contributed by atoms with Crippen LogP contribution in [0.2, 0.25) is 0 Å². The minimum Gasteiger partial charge on any atom is -0.293 e. The predicted octanol–water partition coefficient (Wildman–Crippen LogP) is 2.39. The molecule has 0 aromatic heterocycles. The van der Waals surface area contributed by atoms with Gasteiger partial charge in [-0.3, -0.25) is 4.79 Å². The lowest BCUT2D eigenvalue weighted by Gasteiger charge is -2.09. The van der Waals surface area contributed by atoms with Crippen molar-refractivity contribution < 1.29 is 13.2 Å². The van der Waals surface area contributed by atoms with Gasteiger partial charge in [-0.2, -0.15) is 0 Å². The van der Waals surface area contributed by atoms with Crippen molar-refractivity contribution >= 4 is 15.6 Å². The van der Waals surface area contributed by atoms with Gasteiger partial charge in [0.05, 0.1) is 5.25 Å². The lowest BCUT2D eigenvalue weighted by atomic mass is 10.1. The molecule has 0 aliphatic carbocycles. The fourth-order valence-corrected chi connectivity index (χ4v) is 2.73. The smallest absolute Gasteiger partial charge is 0.177 e. The first kappa shape index (κ1) is 13.9. The molecule has 1 aromatic carbocycles. The fraction of sp³-hybridized carbons (Fsp3) is 0.462. The molecule has 1 rings (SSSR count). The Morgan fingerprint density at radius 1 is 1.24 bits per heavy atom. The molecule has 3 nitrogen and oxygen atoms in total. The third kappa shape index (κ3) is 3.66. The van der Waals surface area contributed by atoms with Gasteiger partial charge >= 0.3 is 0 Å². The van der Waals surface area contributed by atoms with Crippen molar-refractivity contribution in [2.75, 3.05) is 5.75 Å². The van der Waals surface area contributed by atoms with Gasteiger partial charge in [-0.05, 0) is 20.3 Å². The second-order valence-electron chi connectivity index (χ2n) is 4.32. The molecule has 0 fully saturated rings. The second-order valence-corrected chi connectivity index (χ2v) is 6.73. The van der Waals surface area contributed by atoms with Crippen molar-refractivity contribution in [2.45, 2.75) is 32.4 Å². The van der Waals surface area contributed by atoms with E-state index in [9.17, 15) is 13.2 Å². The van der Waals surface area contributed by atoms with Crippen LogP contribution in [-0.4, -0.2) is 25.2 Å². The van der Waals surface area contributed by atoms with Gasteiger partial charge in [0.15, 0.2) is 15.6 Å². The maximum absolute atomic E-state index is 11.8. The van der Waals surface area contributed by atoms with Crippen LogP contribution >= 0.6 is 0 Å². The quantitative estimate of drug-likeness (QED) is 0.758. The fourth-order valence-electron chi connectivity index (χ4n) is 1.40. The van der Waals surface area contributed by atoms with Gasteiger partial charge in [0, 0.05) is 5.56 Å². The zero-order valence-corrected chi connectivity index (χ0v) is 11.3. The van der Waals surface area contributed by atoms with Crippen LogP contribution in [0.25, 0.3) is 0 Å². The lowest BCUT2D eigenvalue weighted by Crippen LogP contribution is -2.25. The highest BCUT2D eigenvalue weighted by Crippen LogP contribution is 2.10. The maximum atomic E-state index is 11.8. The van der Waals surface area contributed by atoms with Crippen molar-refractivity contribution in [3.63, 3.8) is 0 Å². The number of ketones is 1. The molecule has 0 saturated carbocycles. The van der Waals surface area contributed by atoms with E-state index in [1.807, 2.05) is 19.1 Å². The molecule has 0 N–H and O–H groups in total. The lowest BCUT2D eigenvalue weighted by molar-refractivity contribution is 0.102. The molecule has 0 heterocycles. The Kier molecular flexibility index (Phi) is 4.46. The number of rotatable bonds is 5. The largest absolute Gasteiger partial charge is 0.293 e. The number of carbonyl (C=O) groups excluding carboxylic acids is 1. The van der Waals surface area contributed by atoms with E-state index in [-0.39, 0.29) is 5.78 Å². The van der Waals surface area contributed by atoms with Crippen molar-refractivity contribution in [2.24, 2.45) is 0 Å². The minimum atomic E-state index is -3.32. The standard InChI is InChI=1S/C13H18O3S/c1-4-11(3)17(15,16)9-13(14)12-7-5-10(2)6-8-12/h5-8,11H,4,9H2,1-3H3. The molecule has 0 radical (unpaired) electrons. The Bertz CT molecular complexity index is 486. The van der Waals surface area contributed by atoms with Crippen molar-refractivity contribution in [3.05, 3.63) is 35.4 Å². The van der Waals surface area contributed by atoms with Gasteiger partial charge in [0.25, 0.3) is 0 Å². The number of aryl methyl sites for hydroxylation is 1. The highest BCUT2D eigenvalue weighted by Gasteiger charge is 2.23. The molecular weight excluding hydrogens is 236 g/mol. The number of hydrogen-bond donors (Lipinski definition) is 0. The molecule has 0 spiro atoms. The van der Waals surface area contributed by atoms with E-state index in [1.165, 1.54) is 0 Å². The molecule has 0 aliphatic rings. The van der Waals surface area contributed by atoms with Crippen LogP contribution in [0, 0.1) is 6.92 Å². The Labute approximate surface area is 103 Å². The van der Waals surface area contributed by atoms with Crippen LogP contribution in [-0.2, 0) is 9.84 Å². The average molecular weight is 254 g/mol. The summed E-state index contributed by atoms with van der Waals surface area (Å²) in [5.74, 6) is -0.726. The van der Waals surface area contributed by atoms with Gasteiger partial charge < -0.3 is 0 Å². The van der Waals surface area contributed by atoms with E-state index < -0.39 is 20.8 Å². The van der Waals surface area contributed by atoms with E-state index >= 15 is 0 Å². The first-order valence-corrected chi connectivity index (χ1v) is 7.39. The van der Waals surface area contributed by atoms with E-state index in [0.717, 1.165) is 5.56 Å². The zero-order valence-electron chi connectivity index (χ0n) is 10.4. The highest BCUT2D eigenvalue weighted by atomic mass is 32.2. The van der Waals surface area contributed by atoms with Crippen LogP contribution in [0.4, 0.5) is 0 Å². The Hall–Kier alpha value is -1.16. The molecule has 0 aliphatic heterocycles. The Morgan fingerprint density at radius 3 is 2.24 bits per heavy atom. The predicted molar refractivity (Wildman–Crippen MR) is 69.0 cm³/mol. The molecule has 1 atom stereocenters. The minimum absolute atomic E-state index is 0.328. The molecule has 17 heavy (non-hydrogen) atoms. The summed E-state index contributed by atoms with van der Waals surface area (Å²) in [6.07, 6.45) is 0.531. The summed E-state index contributed by atoms with van der Waals surface area (Å²) in [7, 11) is -3.32. The second kappa shape index (κ2) is 5.45. The zero-order chi connectivity index (χ0) is 13.1. The molecule has 94 valence electrons. The van der Waals surface area contributed by atoms with Crippen molar-refractivity contribution in [1.82, 2.24) is 0 Å². The summed E-state index contributed by atoms with van der Waals surface area (Å²) in [5.41, 5.74) is 1.51. The van der Waals surface area contributed by atoms with Gasteiger partial charge in [-0.1, -0.05) is 36.8 Å². The first-order valence-electron chi connectivity index (χ1n) is 5.68. The van der Waals surface area contributed by atoms with Crippen molar-refractivity contribution in [3.8, 4) is 0 Å². The SMILES string of the molecule is CCC(C)S(=O)(=O)CC(=O)c1ccc(C)cc1. The number of Topliss-reactive ketones (excluding diaryl/α,β-unsaturated/α-hetero) is 1. The average Bonchev–Trinajstić information content (AvgIpc) is 2.28. The van der Waals surface area contributed by atoms with Crippen LogP contribution in [0.5, 0.6) is 0 Å². The number of hydrogen-bond acceptors (Lipinski definition) is 3. The van der Waals surface area contributed by atoms with Crippen molar-refractivity contribution in [1.29, 1.82) is 0 Å². The normalized spacial score (nSPS) is 13.4. The summed E-state index contributed by atoms with van der Waals surface area (Å²) in [4.78, 5) is 11.8. The van der Waals surface area contributed by atoms with Gasteiger partial charge in [0.1, 0.15) is 5.75 Å². The summed E-state index contributed by atoms with van der Waals surface area (Å²) >= 11 is 0. The summed E-state index contributed by atoms with van der Waals surface area (Å²) in [6, 6.07) is 6.96. The van der Waals surface area contributed by atoms with E-state index in [1.54, 1.807) is 26.0 Å². The third-order valence-electron chi connectivity index (χ3n) is 2.89. The van der Waals surface area contributed by atoms with Crippen LogP contribution in [0.15, 0.2) is 24.3 Å². The summed E-state index contributed by atoms with van der Waals surface area (Å²) in [5, 5.41) is -0.461. The highest BCUT2D eigenvalue weighted by molar-refractivity contribution is 7.92. The number of benzene rings is 1. The van der Waals surface area contributed by atoms with E-state index in [4.69, 9.17) is 0 Å². The summed E-state index contributed by atoms with van der Waals surface area (Å²) < 4.78 is 23.6. The number of carbonyl (C=O) groups is 1. The monoisotopic (exact) mass is 254 g/mol. The molecule has 1 aromatic rings. The molecule has 1 unspecified atom stereocenters. The molecular formula is C13H18O3S. The van der Waals surface area contributed by atoms with Gasteiger partial charge in [-0.15, -0.1) is 0 Å². The molecule has 0 amide bonds. The summed E-state index contributed by atoms with van der Waals surface area (Å²) in [6.45, 7) is 5.36. The van der Waals surface area contributed by atoms with Crippen LogP contribution in [0.3, 0.4) is 0 Å². The maximum Gasteiger partial charge on any atom is 0.177 e. The Morgan fingerprint density at radius 2 is 1.76 bits per heavy atom. The van der Waals surface area contributed by atoms with Gasteiger partial charge in [0.2, 0.25) is 0 Å². The van der Waals surface area contributed by atoms with Crippen LogP contribution in [0.1, 0.15) is 36.2 Å². The molecule has 4 heteroatoms. The third-order valence-corrected chi connectivity index (χ3v) is 5.12. The number of sulfone groups is 1. The van der Waals surface area contributed by atoms with E-state index in [2.05, 4.69) is 0 Å². The van der Waals surface area contributed by atoms with E-state index in [0.29, 0.717) is 12.0 Å². The van der Waals surface area contributed by atoms with Crippen LogP contribution < -0.4 is 0 Å². The Balaban J connectivity index is 2.83. The first-order chi connectivity index (χ1) is 7.86. The molecule has 0 bridgehead atoms. The topological polar surface area (TPSA) is 51.2 Å².